The Kier molecular flexibility index (Phi) is 11.3. The van der Waals surface area contributed by atoms with E-state index in [4.69, 9.17) is 9.47 Å². The van der Waals surface area contributed by atoms with Gasteiger partial charge >= 0.3 is 0 Å². The van der Waals surface area contributed by atoms with Crippen LogP contribution in [0.2, 0.25) is 0 Å². The second-order valence-corrected chi connectivity index (χ2v) is 28.8. The Labute approximate surface area is 397 Å². The van der Waals surface area contributed by atoms with Gasteiger partial charge in [-0.15, -0.1) is 0 Å². The number of rotatable bonds is 8. The first-order chi connectivity index (χ1) is 29.9. The summed E-state index contributed by atoms with van der Waals surface area (Å²) in [6.45, 7) is 38.4. The SMILES string of the molecule is C[C@H](CCC1OC1(C)C)[C@H]1CC[C@@]2(C)[C@@H]3CC=C4[C@@H](C(O)=CCC4(C)C)[C@]3(C)C(O)C[C@]12C.C[C@H](CCC1OC1(C)C)[C@H]1CC[C@@]2(C)[C@@H]3CC=C4[C@@H](C(O)=CCC4(C)C)[C@]3(C)CC[C@]12C. The predicted octanol–water partition coefficient (Wildman–Crippen LogP) is 15.4. The van der Waals surface area contributed by atoms with Gasteiger partial charge in [0.2, 0.25) is 0 Å². The van der Waals surface area contributed by atoms with Gasteiger partial charge in [0.25, 0.3) is 0 Å². The van der Waals surface area contributed by atoms with E-state index in [0.29, 0.717) is 58.2 Å². The van der Waals surface area contributed by atoms with Gasteiger partial charge in [0, 0.05) is 17.3 Å². The van der Waals surface area contributed by atoms with Crippen LogP contribution in [0, 0.1) is 90.7 Å². The van der Waals surface area contributed by atoms with Gasteiger partial charge in [-0.1, -0.05) is 106 Å². The number of ether oxygens (including phenoxy) is 2. The van der Waals surface area contributed by atoms with E-state index in [-0.39, 0.29) is 55.5 Å². The summed E-state index contributed by atoms with van der Waals surface area (Å²) in [4.78, 5) is 0. The normalized spacial score (nSPS) is 49.8. The minimum atomic E-state index is -0.391. The number of epoxide rings is 2. The Morgan fingerprint density at radius 2 is 0.985 bits per heavy atom. The molecule has 0 amide bonds. The van der Waals surface area contributed by atoms with Crippen LogP contribution in [0.15, 0.2) is 47.0 Å². The van der Waals surface area contributed by atoms with Crippen molar-refractivity contribution in [3.8, 4) is 0 Å². The molecule has 2 heterocycles. The Hall–Kier alpha value is -1.56. The molecule has 0 aromatic heterocycles. The molecule has 3 unspecified atom stereocenters. The maximum absolute atomic E-state index is 11.9. The number of aliphatic hydroxyl groups excluding tert-OH is 3. The summed E-state index contributed by atoms with van der Waals surface area (Å²) in [7, 11) is 0. The number of fused-ring (bicyclic) bond motifs is 10. The van der Waals surface area contributed by atoms with Crippen LogP contribution in [0.4, 0.5) is 0 Å². The van der Waals surface area contributed by atoms with Crippen molar-refractivity contribution < 1.29 is 24.8 Å². The summed E-state index contributed by atoms with van der Waals surface area (Å²) >= 11 is 0. The first kappa shape index (κ1) is 48.5. The summed E-state index contributed by atoms with van der Waals surface area (Å²) in [5, 5.41) is 34.2. The summed E-state index contributed by atoms with van der Waals surface area (Å²) in [6.07, 6.45) is 27.4. The van der Waals surface area contributed by atoms with E-state index >= 15 is 0 Å². The third-order valence-corrected chi connectivity index (χ3v) is 24.1. The average Bonchev–Trinajstić information content (AvgIpc) is 3.96. The van der Waals surface area contributed by atoms with Crippen molar-refractivity contribution in [3.63, 3.8) is 0 Å². The molecule has 0 spiro atoms. The first-order valence-electron chi connectivity index (χ1n) is 27.2. The third kappa shape index (κ3) is 7.01. The lowest BCUT2D eigenvalue weighted by Gasteiger charge is -2.66. The molecule has 2 saturated heterocycles. The van der Waals surface area contributed by atoms with Crippen molar-refractivity contribution in [2.24, 2.45) is 90.7 Å². The quantitative estimate of drug-likeness (QED) is 0.167. The zero-order valence-electron chi connectivity index (χ0n) is 44.4. The van der Waals surface area contributed by atoms with E-state index in [1.807, 2.05) is 6.08 Å². The molecular weight excluding hydrogens is 801 g/mol. The third-order valence-electron chi connectivity index (χ3n) is 24.1. The van der Waals surface area contributed by atoms with Crippen LogP contribution in [0.5, 0.6) is 0 Å². The highest BCUT2D eigenvalue weighted by atomic mass is 16.6. The highest BCUT2D eigenvalue weighted by molar-refractivity contribution is 5.38. The molecule has 0 bridgehead atoms. The maximum atomic E-state index is 11.9. The summed E-state index contributed by atoms with van der Waals surface area (Å²) in [6, 6.07) is 0. The molecular formula is C60H96O5. The molecule has 0 aromatic rings. The van der Waals surface area contributed by atoms with Crippen LogP contribution in [0.25, 0.3) is 0 Å². The van der Waals surface area contributed by atoms with Crippen molar-refractivity contribution in [1.29, 1.82) is 0 Å². The molecule has 17 atom stereocenters. The van der Waals surface area contributed by atoms with Crippen molar-refractivity contribution in [2.45, 2.75) is 237 Å². The molecule has 5 heteroatoms. The van der Waals surface area contributed by atoms with Gasteiger partial charge in [-0.25, -0.2) is 0 Å². The molecule has 2 aliphatic heterocycles. The lowest BCUT2D eigenvalue weighted by molar-refractivity contribution is -0.197. The largest absolute Gasteiger partial charge is 0.512 e. The maximum Gasteiger partial charge on any atom is 0.0961 e. The molecule has 0 radical (unpaired) electrons. The van der Waals surface area contributed by atoms with Crippen molar-refractivity contribution in [2.75, 3.05) is 0 Å². The van der Waals surface area contributed by atoms with Crippen molar-refractivity contribution in [3.05, 3.63) is 47.0 Å². The molecule has 65 heavy (non-hydrogen) atoms. The Balaban J connectivity index is 0.000000164. The van der Waals surface area contributed by atoms with Gasteiger partial charge in [0.1, 0.15) is 0 Å². The minimum Gasteiger partial charge on any atom is -0.512 e. The lowest BCUT2D eigenvalue weighted by atomic mass is 9.38. The van der Waals surface area contributed by atoms with Crippen LogP contribution in [0.1, 0.15) is 207 Å². The van der Waals surface area contributed by atoms with Crippen LogP contribution < -0.4 is 0 Å². The van der Waals surface area contributed by atoms with Gasteiger partial charge in [-0.3, -0.25) is 0 Å². The zero-order valence-corrected chi connectivity index (χ0v) is 44.4. The molecule has 8 aliphatic carbocycles. The highest BCUT2D eigenvalue weighted by Gasteiger charge is 2.71. The first-order valence-corrected chi connectivity index (χ1v) is 27.2. The number of hydrogen-bond acceptors (Lipinski definition) is 5. The number of hydrogen-bond donors (Lipinski definition) is 3. The molecule has 0 aromatic carbocycles. The van der Waals surface area contributed by atoms with Gasteiger partial charge < -0.3 is 24.8 Å². The molecule has 5 nitrogen and oxygen atoms in total. The Bertz CT molecular complexity index is 2020. The average molecular weight is 897 g/mol. The molecule has 3 N–H and O–H groups in total. The fourth-order valence-corrected chi connectivity index (χ4v) is 19.2. The summed E-state index contributed by atoms with van der Waals surface area (Å²) < 4.78 is 11.8. The molecule has 4 saturated carbocycles. The van der Waals surface area contributed by atoms with E-state index in [9.17, 15) is 15.3 Å². The van der Waals surface area contributed by atoms with Crippen LogP contribution in [0.3, 0.4) is 0 Å². The summed E-state index contributed by atoms with van der Waals surface area (Å²) in [5.41, 5.74) is 4.27. The van der Waals surface area contributed by atoms with Crippen LogP contribution in [-0.2, 0) is 9.47 Å². The molecule has 6 fully saturated rings. The molecule has 366 valence electrons. The predicted molar refractivity (Wildman–Crippen MR) is 266 cm³/mol. The number of allylic oxidation sites excluding steroid dienone is 6. The zero-order chi connectivity index (χ0) is 47.5. The monoisotopic (exact) mass is 897 g/mol. The van der Waals surface area contributed by atoms with E-state index in [1.54, 1.807) is 0 Å². The second-order valence-electron chi connectivity index (χ2n) is 28.8. The fourth-order valence-electron chi connectivity index (χ4n) is 19.2. The van der Waals surface area contributed by atoms with Crippen molar-refractivity contribution >= 4 is 0 Å². The molecule has 10 aliphatic rings. The van der Waals surface area contributed by atoms with E-state index in [1.165, 1.54) is 75.4 Å². The van der Waals surface area contributed by atoms with Gasteiger partial charge in [0.15, 0.2) is 0 Å². The van der Waals surface area contributed by atoms with Crippen LogP contribution >= 0.6 is 0 Å². The number of aliphatic hydroxyl groups is 3. The molecule has 10 rings (SSSR count). The fraction of sp³-hybridized carbons (Fsp3) is 0.867. The minimum absolute atomic E-state index is 0.0397. The summed E-state index contributed by atoms with van der Waals surface area (Å²) in [5.74, 6) is 5.29. The van der Waals surface area contributed by atoms with Crippen molar-refractivity contribution in [1.82, 2.24) is 0 Å². The van der Waals surface area contributed by atoms with E-state index in [2.05, 4.69) is 129 Å². The van der Waals surface area contributed by atoms with Gasteiger partial charge in [-0.05, 0) is 210 Å². The Morgan fingerprint density at radius 1 is 0.554 bits per heavy atom. The van der Waals surface area contributed by atoms with Crippen LogP contribution in [-0.4, -0.2) is 44.8 Å². The standard InChI is InChI=1S/C30H48O3.C30H48O2/c1-18(9-12-24-27(4,5)33-24)19-13-16-28(6)22-11-10-20-25(21(31)14-15-26(20,2)3)30(22,8)23(32)17-29(19,28)7;1-19(9-12-24-27(4,5)32-24)20-13-16-30(8)23-11-10-21-25(22(31)14-15-26(21,2)3)28(23,6)17-18-29(20,30)7/h10,14,18-19,22-25,31-32H,9,11-13,15-17H2,1-8H3;10,14,19-20,23-25,31H,9,11-13,15-18H2,1-8H3/t18-,19-,22+,23?,24?,25+,28+,29-,30+;19-,20-,23-,24?,25+,28-,29-,30+/m11/s1. The van der Waals surface area contributed by atoms with Gasteiger partial charge in [-0.2, -0.15) is 0 Å². The van der Waals surface area contributed by atoms with E-state index < -0.39 is 6.10 Å². The smallest absolute Gasteiger partial charge is 0.0961 e. The topological polar surface area (TPSA) is 85.8 Å². The van der Waals surface area contributed by atoms with Gasteiger partial charge in [0.05, 0.1) is 41.0 Å². The highest BCUT2D eigenvalue weighted by Crippen LogP contribution is 2.77. The second kappa shape index (κ2) is 15.2. The lowest BCUT2D eigenvalue weighted by Crippen LogP contribution is -2.64. The van der Waals surface area contributed by atoms with E-state index in [0.717, 1.165) is 43.9 Å². The Morgan fingerprint density at radius 3 is 1.48 bits per heavy atom.